The molecule has 0 unspecified atom stereocenters. The lowest BCUT2D eigenvalue weighted by Crippen LogP contribution is -2.25. The summed E-state index contributed by atoms with van der Waals surface area (Å²) in [5.41, 5.74) is 2.11. The molecule has 5 nitrogen and oxygen atoms in total. The van der Waals surface area contributed by atoms with E-state index in [-0.39, 0.29) is 0 Å². The second-order valence-electron chi connectivity index (χ2n) is 4.54. The highest BCUT2D eigenvalue weighted by molar-refractivity contribution is 5.38. The smallest absolute Gasteiger partial charge is 0.227 e. The number of hydrogen-bond donors (Lipinski definition) is 1. The van der Waals surface area contributed by atoms with Crippen molar-refractivity contribution in [2.24, 2.45) is 0 Å². The molecule has 0 amide bonds. The number of nitrogens with zero attached hydrogens (tertiary/aromatic N) is 2. The Bertz CT molecular complexity index is 601. The van der Waals surface area contributed by atoms with E-state index in [1.807, 2.05) is 31.2 Å². The third kappa shape index (κ3) is 2.72. The molecule has 0 fully saturated rings. The van der Waals surface area contributed by atoms with Crippen LogP contribution >= 0.6 is 0 Å². The van der Waals surface area contributed by atoms with Crippen LogP contribution in [0.5, 0.6) is 17.4 Å². The molecule has 2 aromatic rings. The van der Waals surface area contributed by atoms with E-state index in [0.29, 0.717) is 12.5 Å². The molecule has 0 saturated heterocycles. The Kier molecular flexibility index (Phi) is 3.78. The maximum Gasteiger partial charge on any atom is 0.227 e. The molecule has 1 N–H and O–H groups in total. The summed E-state index contributed by atoms with van der Waals surface area (Å²) in [6.45, 7) is 4.29. The first-order chi connectivity index (χ1) is 9.86. The Balaban J connectivity index is 1.86. The minimum atomic E-state index is 0.621. The molecule has 1 aromatic carbocycles. The lowest BCUT2D eigenvalue weighted by Gasteiger charge is -2.18. The highest BCUT2D eigenvalue weighted by Crippen LogP contribution is 2.28. The summed E-state index contributed by atoms with van der Waals surface area (Å²) in [7, 11) is 0. The molecule has 2 heterocycles. The molecule has 5 heteroatoms. The molecule has 0 atom stereocenters. The van der Waals surface area contributed by atoms with Gasteiger partial charge < -0.3 is 14.8 Å². The number of rotatable bonds is 4. The van der Waals surface area contributed by atoms with Gasteiger partial charge in [-0.05, 0) is 19.1 Å². The molecular weight excluding hydrogens is 254 g/mol. The normalized spacial score (nSPS) is 13.7. The van der Waals surface area contributed by atoms with Gasteiger partial charge in [-0.25, -0.2) is 9.97 Å². The van der Waals surface area contributed by atoms with Gasteiger partial charge in [0.05, 0.1) is 17.9 Å². The molecule has 0 bridgehead atoms. The largest absolute Gasteiger partial charge is 0.494 e. The summed E-state index contributed by atoms with van der Waals surface area (Å²) >= 11 is 0. The van der Waals surface area contributed by atoms with Gasteiger partial charge in [-0.2, -0.15) is 0 Å². The van der Waals surface area contributed by atoms with Gasteiger partial charge in [0.2, 0.25) is 5.88 Å². The molecule has 0 aliphatic carbocycles. The van der Waals surface area contributed by atoms with Crippen molar-refractivity contribution < 1.29 is 9.47 Å². The van der Waals surface area contributed by atoms with Crippen LogP contribution in [-0.4, -0.2) is 23.1 Å². The van der Waals surface area contributed by atoms with E-state index in [9.17, 15) is 0 Å². The summed E-state index contributed by atoms with van der Waals surface area (Å²) in [6, 6.07) is 7.58. The molecule has 20 heavy (non-hydrogen) atoms. The van der Waals surface area contributed by atoms with Crippen molar-refractivity contribution in [3.63, 3.8) is 0 Å². The van der Waals surface area contributed by atoms with E-state index in [2.05, 4.69) is 15.3 Å². The van der Waals surface area contributed by atoms with E-state index >= 15 is 0 Å². The fourth-order valence-electron chi connectivity index (χ4n) is 2.24. The molecule has 1 aliphatic heterocycles. The standard InChI is InChI=1S/C15H17N3O2/c1-2-19-11-4-3-5-12(8-11)20-15-13-9-16-7-6-14(13)17-10-18-15/h3-5,8,10,16H,2,6-7,9H2,1H3. The van der Waals surface area contributed by atoms with Crippen LogP contribution in [0.15, 0.2) is 30.6 Å². The number of fused-ring (bicyclic) bond motifs is 1. The van der Waals surface area contributed by atoms with Crippen molar-refractivity contribution in [2.75, 3.05) is 13.2 Å². The van der Waals surface area contributed by atoms with Crippen LogP contribution in [0.3, 0.4) is 0 Å². The van der Waals surface area contributed by atoms with Gasteiger partial charge in [0.25, 0.3) is 0 Å². The van der Waals surface area contributed by atoms with Crippen molar-refractivity contribution in [3.8, 4) is 17.4 Å². The van der Waals surface area contributed by atoms with Crippen LogP contribution < -0.4 is 14.8 Å². The van der Waals surface area contributed by atoms with Crippen molar-refractivity contribution in [2.45, 2.75) is 19.9 Å². The third-order valence-corrected chi connectivity index (χ3v) is 3.17. The van der Waals surface area contributed by atoms with Gasteiger partial charge in [-0.15, -0.1) is 0 Å². The first-order valence-corrected chi connectivity index (χ1v) is 6.81. The van der Waals surface area contributed by atoms with Crippen molar-refractivity contribution in [3.05, 3.63) is 41.9 Å². The Morgan fingerprint density at radius 2 is 2.15 bits per heavy atom. The molecular formula is C15H17N3O2. The number of ether oxygens (including phenoxy) is 2. The number of benzene rings is 1. The first-order valence-electron chi connectivity index (χ1n) is 6.81. The van der Waals surface area contributed by atoms with Crippen molar-refractivity contribution >= 4 is 0 Å². The quantitative estimate of drug-likeness (QED) is 0.924. The Morgan fingerprint density at radius 3 is 3.05 bits per heavy atom. The zero-order valence-corrected chi connectivity index (χ0v) is 11.4. The first kappa shape index (κ1) is 12.9. The van der Waals surface area contributed by atoms with E-state index in [4.69, 9.17) is 9.47 Å². The zero-order valence-electron chi connectivity index (χ0n) is 11.4. The summed E-state index contributed by atoms with van der Waals surface area (Å²) in [4.78, 5) is 8.56. The fourth-order valence-corrected chi connectivity index (χ4v) is 2.24. The molecule has 104 valence electrons. The van der Waals surface area contributed by atoms with Crippen LogP contribution in [0.1, 0.15) is 18.2 Å². The van der Waals surface area contributed by atoms with E-state index in [1.165, 1.54) is 0 Å². The molecule has 0 spiro atoms. The average Bonchev–Trinajstić information content (AvgIpc) is 2.48. The Morgan fingerprint density at radius 1 is 1.25 bits per heavy atom. The van der Waals surface area contributed by atoms with Gasteiger partial charge in [0.15, 0.2) is 0 Å². The van der Waals surface area contributed by atoms with Gasteiger partial charge in [-0.3, -0.25) is 0 Å². The molecule has 1 aliphatic rings. The summed E-state index contributed by atoms with van der Waals surface area (Å²) in [5.74, 6) is 2.14. The molecule has 0 radical (unpaired) electrons. The number of hydrogen-bond acceptors (Lipinski definition) is 5. The average molecular weight is 271 g/mol. The number of aromatic nitrogens is 2. The summed E-state index contributed by atoms with van der Waals surface area (Å²) in [5, 5.41) is 3.31. The van der Waals surface area contributed by atoms with Crippen LogP contribution in [0, 0.1) is 0 Å². The van der Waals surface area contributed by atoms with Crippen LogP contribution in [0.2, 0.25) is 0 Å². The second-order valence-corrected chi connectivity index (χ2v) is 4.54. The maximum atomic E-state index is 5.89. The maximum absolute atomic E-state index is 5.89. The zero-order chi connectivity index (χ0) is 13.8. The minimum absolute atomic E-state index is 0.621. The van der Waals surface area contributed by atoms with Crippen LogP contribution in [0.4, 0.5) is 0 Å². The Hall–Kier alpha value is -2.14. The lowest BCUT2D eigenvalue weighted by atomic mass is 10.1. The van der Waals surface area contributed by atoms with E-state index < -0.39 is 0 Å². The van der Waals surface area contributed by atoms with Gasteiger partial charge in [-0.1, -0.05) is 6.07 Å². The van der Waals surface area contributed by atoms with Crippen molar-refractivity contribution in [1.29, 1.82) is 0 Å². The van der Waals surface area contributed by atoms with Gasteiger partial charge in [0, 0.05) is 25.6 Å². The Labute approximate surface area is 118 Å². The number of nitrogens with one attached hydrogen (secondary N) is 1. The van der Waals surface area contributed by atoms with Gasteiger partial charge >= 0.3 is 0 Å². The predicted octanol–water partition coefficient (Wildman–Crippen LogP) is 2.31. The predicted molar refractivity (Wildman–Crippen MR) is 75.1 cm³/mol. The topological polar surface area (TPSA) is 56.3 Å². The summed E-state index contributed by atoms with van der Waals surface area (Å²) < 4.78 is 11.4. The molecule has 3 rings (SSSR count). The highest BCUT2D eigenvalue weighted by atomic mass is 16.5. The van der Waals surface area contributed by atoms with E-state index in [1.54, 1.807) is 6.33 Å². The molecule has 1 aromatic heterocycles. The third-order valence-electron chi connectivity index (χ3n) is 3.17. The lowest BCUT2D eigenvalue weighted by molar-refractivity contribution is 0.337. The minimum Gasteiger partial charge on any atom is -0.494 e. The SMILES string of the molecule is CCOc1cccc(Oc2ncnc3c2CNCC3)c1. The second kappa shape index (κ2) is 5.88. The summed E-state index contributed by atoms with van der Waals surface area (Å²) in [6.07, 6.45) is 2.47. The monoisotopic (exact) mass is 271 g/mol. The van der Waals surface area contributed by atoms with Gasteiger partial charge in [0.1, 0.15) is 17.8 Å². The van der Waals surface area contributed by atoms with Crippen LogP contribution in [-0.2, 0) is 13.0 Å². The highest BCUT2D eigenvalue weighted by Gasteiger charge is 2.16. The van der Waals surface area contributed by atoms with Crippen molar-refractivity contribution in [1.82, 2.24) is 15.3 Å². The molecule has 0 saturated carbocycles. The van der Waals surface area contributed by atoms with Crippen LogP contribution in [0.25, 0.3) is 0 Å². The fraction of sp³-hybridized carbons (Fsp3) is 0.333. The van der Waals surface area contributed by atoms with E-state index in [0.717, 1.165) is 42.3 Å².